The normalized spacial score (nSPS) is 10.7. The molecule has 0 unspecified atom stereocenters. The molecule has 0 heterocycles. The van der Waals surface area contributed by atoms with Crippen molar-refractivity contribution in [1.29, 1.82) is 0 Å². The van der Waals surface area contributed by atoms with Crippen molar-refractivity contribution in [1.82, 2.24) is 0 Å². The largest absolute Gasteiger partial charge is 0.466 e. The minimum Gasteiger partial charge on any atom is -0.466 e. The van der Waals surface area contributed by atoms with E-state index in [0.29, 0.717) is 13.0 Å². The molecule has 0 aromatic rings. The molecule has 0 aliphatic carbocycles. The molecule has 136 valence electrons. The Hall–Kier alpha value is -0.830. The van der Waals surface area contributed by atoms with Crippen LogP contribution in [0.25, 0.3) is 0 Å². The summed E-state index contributed by atoms with van der Waals surface area (Å²) in [6, 6.07) is 0. The van der Waals surface area contributed by atoms with Crippen molar-refractivity contribution < 1.29 is 14.6 Å². The van der Waals surface area contributed by atoms with Crippen LogP contribution >= 0.6 is 0 Å². The number of hydrogen-bond donors (Lipinski definition) is 1. The second kappa shape index (κ2) is 19.2. The number of rotatable bonds is 18. The van der Waals surface area contributed by atoms with Gasteiger partial charge < -0.3 is 9.84 Å². The lowest BCUT2D eigenvalue weighted by Gasteiger charge is -2.05. The number of aliphatic hydroxyl groups excluding tert-OH is 1. The summed E-state index contributed by atoms with van der Waals surface area (Å²) < 4.78 is 5.21. The molecular formula is C20H38O3. The molecule has 3 nitrogen and oxygen atoms in total. The van der Waals surface area contributed by atoms with Gasteiger partial charge in [0, 0.05) is 13.0 Å². The van der Waals surface area contributed by atoms with Crippen LogP contribution in [0.15, 0.2) is 12.7 Å². The minimum atomic E-state index is -0.0839. The molecule has 3 heteroatoms. The first-order valence-corrected chi connectivity index (χ1v) is 9.68. The monoisotopic (exact) mass is 326 g/mol. The molecule has 0 fully saturated rings. The quantitative estimate of drug-likeness (QED) is 0.204. The van der Waals surface area contributed by atoms with Crippen LogP contribution in [-0.2, 0) is 9.53 Å². The van der Waals surface area contributed by atoms with E-state index >= 15 is 0 Å². The Morgan fingerprint density at radius 3 is 1.87 bits per heavy atom. The fourth-order valence-corrected chi connectivity index (χ4v) is 2.62. The van der Waals surface area contributed by atoms with Gasteiger partial charge in [0.1, 0.15) is 0 Å². The van der Waals surface area contributed by atoms with Gasteiger partial charge in [-0.25, -0.2) is 0 Å². The van der Waals surface area contributed by atoms with Gasteiger partial charge in [-0.2, -0.15) is 0 Å². The zero-order valence-corrected chi connectivity index (χ0v) is 15.1. The first-order chi connectivity index (χ1) is 11.3. The van der Waals surface area contributed by atoms with Crippen LogP contribution in [0.2, 0.25) is 0 Å². The smallest absolute Gasteiger partial charge is 0.305 e. The molecule has 0 saturated heterocycles. The number of carbonyl (C=O) groups is 1. The van der Waals surface area contributed by atoms with E-state index in [2.05, 4.69) is 6.58 Å². The molecule has 0 aliphatic rings. The molecule has 0 saturated carbocycles. The molecule has 0 radical (unpaired) electrons. The van der Waals surface area contributed by atoms with Gasteiger partial charge in [0.25, 0.3) is 0 Å². The second-order valence-electron chi connectivity index (χ2n) is 6.37. The highest BCUT2D eigenvalue weighted by atomic mass is 16.5. The van der Waals surface area contributed by atoms with Crippen molar-refractivity contribution >= 4 is 5.97 Å². The first-order valence-electron chi connectivity index (χ1n) is 9.68. The van der Waals surface area contributed by atoms with E-state index in [4.69, 9.17) is 9.84 Å². The van der Waals surface area contributed by atoms with E-state index in [1.807, 2.05) is 6.08 Å². The molecule has 0 rings (SSSR count). The minimum absolute atomic E-state index is 0.0839. The fourth-order valence-electron chi connectivity index (χ4n) is 2.62. The number of allylic oxidation sites excluding steroid dienone is 1. The molecule has 0 aliphatic heterocycles. The van der Waals surface area contributed by atoms with E-state index in [9.17, 15) is 4.79 Å². The van der Waals surface area contributed by atoms with Crippen molar-refractivity contribution in [3.8, 4) is 0 Å². The molecule has 0 amide bonds. The van der Waals surface area contributed by atoms with Gasteiger partial charge in [0.15, 0.2) is 0 Å². The second-order valence-corrected chi connectivity index (χ2v) is 6.37. The van der Waals surface area contributed by atoms with Crippen LogP contribution in [0.4, 0.5) is 0 Å². The molecule has 23 heavy (non-hydrogen) atoms. The summed E-state index contributed by atoms with van der Waals surface area (Å²) in [4.78, 5) is 11.4. The molecule has 0 spiro atoms. The summed E-state index contributed by atoms with van der Waals surface area (Å²) in [5.74, 6) is -0.0839. The maximum absolute atomic E-state index is 11.4. The average molecular weight is 327 g/mol. The van der Waals surface area contributed by atoms with Gasteiger partial charge in [0.2, 0.25) is 0 Å². The lowest BCUT2D eigenvalue weighted by atomic mass is 10.1. The van der Waals surface area contributed by atoms with Gasteiger partial charge >= 0.3 is 5.97 Å². The van der Waals surface area contributed by atoms with Crippen LogP contribution in [0, 0.1) is 0 Å². The topological polar surface area (TPSA) is 46.5 Å². The van der Waals surface area contributed by atoms with Gasteiger partial charge in [-0.15, -0.1) is 6.58 Å². The lowest BCUT2D eigenvalue weighted by Crippen LogP contribution is -2.05. The molecule has 0 aromatic heterocycles. The van der Waals surface area contributed by atoms with Crippen molar-refractivity contribution in [2.75, 3.05) is 13.2 Å². The Balaban J connectivity index is 3.09. The first kappa shape index (κ1) is 22.2. The summed E-state index contributed by atoms with van der Waals surface area (Å²) in [5, 5.41) is 8.65. The predicted octanol–water partition coefficient (Wildman–Crippen LogP) is 5.56. The zero-order chi connectivity index (χ0) is 17.0. The van der Waals surface area contributed by atoms with E-state index in [-0.39, 0.29) is 12.6 Å². The van der Waals surface area contributed by atoms with Crippen LogP contribution in [-0.4, -0.2) is 24.3 Å². The third kappa shape index (κ3) is 19.1. The average Bonchev–Trinajstić information content (AvgIpc) is 2.56. The number of ether oxygens (including phenoxy) is 1. The van der Waals surface area contributed by atoms with Crippen molar-refractivity contribution in [2.24, 2.45) is 0 Å². The van der Waals surface area contributed by atoms with Crippen molar-refractivity contribution in [3.63, 3.8) is 0 Å². The SMILES string of the molecule is C=CCCCCCCCCCCCCOC(=O)CCCCCO. The van der Waals surface area contributed by atoms with Crippen molar-refractivity contribution in [2.45, 2.75) is 96.3 Å². The fraction of sp³-hybridized carbons (Fsp3) is 0.850. The number of aliphatic hydroxyl groups is 1. The number of carbonyl (C=O) groups excluding carboxylic acids is 1. The van der Waals surface area contributed by atoms with Crippen LogP contribution in [0.5, 0.6) is 0 Å². The molecular weight excluding hydrogens is 288 g/mol. The third-order valence-electron chi connectivity index (χ3n) is 4.10. The summed E-state index contributed by atoms with van der Waals surface area (Å²) in [6.45, 7) is 4.53. The third-order valence-corrected chi connectivity index (χ3v) is 4.10. The predicted molar refractivity (Wildman–Crippen MR) is 97.5 cm³/mol. The lowest BCUT2D eigenvalue weighted by molar-refractivity contribution is -0.143. The van der Waals surface area contributed by atoms with Gasteiger partial charge in [-0.3, -0.25) is 4.79 Å². The maximum Gasteiger partial charge on any atom is 0.305 e. The molecule has 0 atom stereocenters. The van der Waals surface area contributed by atoms with E-state index in [0.717, 1.165) is 38.5 Å². The van der Waals surface area contributed by atoms with E-state index < -0.39 is 0 Å². The van der Waals surface area contributed by atoms with E-state index in [1.54, 1.807) is 0 Å². The summed E-state index contributed by atoms with van der Waals surface area (Å²) >= 11 is 0. The highest BCUT2D eigenvalue weighted by molar-refractivity contribution is 5.69. The van der Waals surface area contributed by atoms with Crippen LogP contribution < -0.4 is 0 Å². The van der Waals surface area contributed by atoms with E-state index in [1.165, 1.54) is 51.4 Å². The Labute approximate surface area is 143 Å². The zero-order valence-electron chi connectivity index (χ0n) is 15.1. The van der Waals surface area contributed by atoms with Gasteiger partial charge in [-0.05, 0) is 32.1 Å². The highest BCUT2D eigenvalue weighted by Gasteiger charge is 2.02. The number of esters is 1. The van der Waals surface area contributed by atoms with Crippen LogP contribution in [0.1, 0.15) is 96.3 Å². The summed E-state index contributed by atoms with van der Waals surface area (Å²) in [6.07, 6.45) is 19.0. The Morgan fingerprint density at radius 1 is 0.783 bits per heavy atom. The summed E-state index contributed by atoms with van der Waals surface area (Å²) in [5.41, 5.74) is 0. The van der Waals surface area contributed by atoms with Crippen molar-refractivity contribution in [3.05, 3.63) is 12.7 Å². The Morgan fingerprint density at radius 2 is 1.30 bits per heavy atom. The van der Waals surface area contributed by atoms with Gasteiger partial charge in [-0.1, -0.05) is 63.9 Å². The maximum atomic E-state index is 11.4. The van der Waals surface area contributed by atoms with Gasteiger partial charge in [0.05, 0.1) is 6.61 Å². The van der Waals surface area contributed by atoms with Crippen LogP contribution in [0.3, 0.4) is 0 Å². The highest BCUT2D eigenvalue weighted by Crippen LogP contribution is 2.11. The Kier molecular flexibility index (Phi) is 18.5. The standard InChI is InChI=1S/C20H38O3/c1-2-3-4-5-6-7-8-9-10-11-12-16-19-23-20(22)17-14-13-15-18-21/h2,21H,1,3-19H2. The molecule has 0 bridgehead atoms. The summed E-state index contributed by atoms with van der Waals surface area (Å²) in [7, 11) is 0. The number of unbranched alkanes of at least 4 members (excludes halogenated alkanes) is 12. The molecule has 0 aromatic carbocycles. The Bertz CT molecular complexity index is 264. The molecule has 1 N–H and O–H groups in total. The number of hydrogen-bond acceptors (Lipinski definition) is 3.